The number of aromatic nitrogens is 2. The van der Waals surface area contributed by atoms with E-state index in [1.54, 1.807) is 16.3 Å². The lowest BCUT2D eigenvalue weighted by molar-refractivity contribution is 0.0793. The molecule has 0 saturated carbocycles. The Hall–Kier alpha value is -3.38. The summed E-state index contributed by atoms with van der Waals surface area (Å²) in [6, 6.07) is 25.3. The maximum absolute atomic E-state index is 13.3. The number of fused-ring (bicyclic) bond motifs is 1. The Bertz CT molecular complexity index is 1330. The highest BCUT2D eigenvalue weighted by Crippen LogP contribution is 2.24. The van der Waals surface area contributed by atoms with E-state index in [4.69, 9.17) is 4.98 Å². The molecule has 1 saturated heterocycles. The van der Waals surface area contributed by atoms with E-state index >= 15 is 0 Å². The number of amides is 1. The zero-order chi connectivity index (χ0) is 22.6. The van der Waals surface area contributed by atoms with Crippen molar-refractivity contribution < 1.29 is 4.79 Å². The van der Waals surface area contributed by atoms with Crippen LogP contribution < -0.4 is 5.56 Å². The first-order valence-corrected chi connectivity index (χ1v) is 12.2. The maximum Gasteiger partial charge on any atom is 0.262 e. The third kappa shape index (κ3) is 4.71. The fraction of sp³-hybridized carbons (Fsp3) is 0.222. The second-order valence-electron chi connectivity index (χ2n) is 8.27. The topological polar surface area (TPSA) is 55.2 Å². The Morgan fingerprint density at radius 3 is 2.30 bits per heavy atom. The fourth-order valence-electron chi connectivity index (χ4n) is 4.16. The van der Waals surface area contributed by atoms with Gasteiger partial charge in [-0.15, -0.1) is 0 Å². The molecular formula is C27H25N3O2S. The number of thioether (sulfide) groups is 1. The Morgan fingerprint density at radius 2 is 1.55 bits per heavy atom. The number of hydrogen-bond donors (Lipinski definition) is 0. The monoisotopic (exact) mass is 455 g/mol. The summed E-state index contributed by atoms with van der Waals surface area (Å²) >= 11 is 1.54. The van der Waals surface area contributed by atoms with Crippen LogP contribution in [-0.2, 0) is 12.3 Å². The Balaban J connectivity index is 1.39. The fourth-order valence-corrected chi connectivity index (χ4v) is 5.11. The summed E-state index contributed by atoms with van der Waals surface area (Å²) in [4.78, 5) is 32.6. The number of benzene rings is 3. The molecule has 1 aromatic heterocycles. The highest BCUT2D eigenvalue weighted by atomic mass is 32.2. The van der Waals surface area contributed by atoms with Crippen LogP contribution in [0.1, 0.15) is 34.3 Å². The van der Waals surface area contributed by atoms with E-state index in [2.05, 4.69) is 0 Å². The molecule has 0 spiro atoms. The summed E-state index contributed by atoms with van der Waals surface area (Å²) in [5.74, 6) is 0.775. The van der Waals surface area contributed by atoms with E-state index in [1.165, 1.54) is 0 Å². The number of para-hydroxylation sites is 1. The summed E-state index contributed by atoms with van der Waals surface area (Å²) in [5.41, 5.74) is 3.56. The SMILES string of the molecule is O=C(c1ccc(CSc2nc3ccccc3c(=O)n2Cc2ccccc2)cc1)N1CCCC1. The third-order valence-electron chi connectivity index (χ3n) is 5.97. The average Bonchev–Trinajstić information content (AvgIpc) is 3.40. The number of hydrogen-bond acceptors (Lipinski definition) is 4. The highest BCUT2D eigenvalue weighted by molar-refractivity contribution is 7.98. The molecule has 1 fully saturated rings. The summed E-state index contributed by atoms with van der Waals surface area (Å²) in [6.45, 7) is 2.18. The van der Waals surface area contributed by atoms with Crippen LogP contribution >= 0.6 is 11.8 Å². The predicted molar refractivity (Wildman–Crippen MR) is 133 cm³/mol. The molecule has 33 heavy (non-hydrogen) atoms. The third-order valence-corrected chi connectivity index (χ3v) is 7.02. The summed E-state index contributed by atoms with van der Waals surface area (Å²) in [5, 5.41) is 1.32. The number of likely N-dealkylation sites (tertiary alicyclic amines) is 1. The van der Waals surface area contributed by atoms with Crippen molar-refractivity contribution in [1.82, 2.24) is 14.5 Å². The quantitative estimate of drug-likeness (QED) is 0.304. The van der Waals surface area contributed by atoms with Crippen molar-refractivity contribution >= 4 is 28.6 Å². The van der Waals surface area contributed by atoms with Gasteiger partial charge in [-0.3, -0.25) is 14.2 Å². The molecule has 0 atom stereocenters. The van der Waals surface area contributed by atoms with Gasteiger partial charge in [0, 0.05) is 24.4 Å². The van der Waals surface area contributed by atoms with Gasteiger partial charge in [-0.05, 0) is 48.2 Å². The normalized spacial score (nSPS) is 13.5. The number of nitrogens with zero attached hydrogens (tertiary/aromatic N) is 3. The van der Waals surface area contributed by atoms with Gasteiger partial charge in [0.05, 0.1) is 17.4 Å². The van der Waals surface area contributed by atoms with Gasteiger partial charge in [0.25, 0.3) is 11.5 Å². The Kier molecular flexibility index (Phi) is 6.26. The van der Waals surface area contributed by atoms with Crippen LogP contribution in [-0.4, -0.2) is 33.4 Å². The van der Waals surface area contributed by atoms with Crippen LogP contribution in [0.3, 0.4) is 0 Å². The van der Waals surface area contributed by atoms with Crippen molar-refractivity contribution in [1.29, 1.82) is 0 Å². The van der Waals surface area contributed by atoms with E-state index in [9.17, 15) is 9.59 Å². The minimum absolute atomic E-state index is 0.0292. The van der Waals surface area contributed by atoms with Crippen molar-refractivity contribution in [2.75, 3.05) is 13.1 Å². The van der Waals surface area contributed by atoms with E-state index in [1.807, 2.05) is 83.8 Å². The van der Waals surface area contributed by atoms with E-state index in [0.29, 0.717) is 28.4 Å². The highest BCUT2D eigenvalue weighted by Gasteiger charge is 2.19. The first-order chi connectivity index (χ1) is 16.2. The number of carbonyl (C=O) groups excluding carboxylic acids is 1. The average molecular weight is 456 g/mol. The second-order valence-corrected chi connectivity index (χ2v) is 9.22. The predicted octanol–water partition coefficient (Wildman–Crippen LogP) is 4.97. The molecular weight excluding hydrogens is 430 g/mol. The Labute approximate surface area is 197 Å². The van der Waals surface area contributed by atoms with Gasteiger partial charge in [-0.25, -0.2) is 4.98 Å². The number of carbonyl (C=O) groups is 1. The van der Waals surface area contributed by atoms with Gasteiger partial charge in [0.2, 0.25) is 0 Å². The van der Waals surface area contributed by atoms with Gasteiger partial charge in [0.1, 0.15) is 0 Å². The van der Waals surface area contributed by atoms with Crippen LogP contribution in [0.4, 0.5) is 0 Å². The smallest absolute Gasteiger partial charge is 0.262 e. The van der Waals surface area contributed by atoms with Gasteiger partial charge >= 0.3 is 0 Å². The van der Waals surface area contributed by atoms with Crippen LogP contribution in [0.25, 0.3) is 10.9 Å². The molecule has 0 bridgehead atoms. The lowest BCUT2D eigenvalue weighted by atomic mass is 10.1. The van der Waals surface area contributed by atoms with Crippen LogP contribution in [0.2, 0.25) is 0 Å². The molecule has 2 heterocycles. The first kappa shape index (κ1) is 21.5. The molecule has 1 amide bonds. The summed E-state index contributed by atoms with van der Waals surface area (Å²) in [6.07, 6.45) is 2.17. The zero-order valence-electron chi connectivity index (χ0n) is 18.3. The maximum atomic E-state index is 13.3. The van der Waals surface area contributed by atoms with Gasteiger partial charge in [-0.1, -0.05) is 66.4 Å². The standard InChI is InChI=1S/C27H25N3O2S/c31-25(29-16-6-7-17-29)22-14-12-21(13-15-22)19-33-27-28-24-11-5-4-10-23(24)26(32)30(27)18-20-8-2-1-3-9-20/h1-5,8-15H,6-7,16-19H2. The minimum Gasteiger partial charge on any atom is -0.339 e. The molecule has 1 aliphatic heterocycles. The lowest BCUT2D eigenvalue weighted by Gasteiger charge is -2.15. The second kappa shape index (κ2) is 9.63. The van der Waals surface area contributed by atoms with E-state index in [-0.39, 0.29) is 11.5 Å². The lowest BCUT2D eigenvalue weighted by Crippen LogP contribution is -2.27. The molecule has 0 aliphatic carbocycles. The minimum atomic E-state index is -0.0292. The van der Waals surface area contributed by atoms with Crippen molar-refractivity contribution in [3.8, 4) is 0 Å². The largest absolute Gasteiger partial charge is 0.339 e. The van der Waals surface area contributed by atoms with Crippen molar-refractivity contribution in [2.24, 2.45) is 0 Å². The molecule has 0 unspecified atom stereocenters. The van der Waals surface area contributed by atoms with Crippen molar-refractivity contribution in [3.63, 3.8) is 0 Å². The van der Waals surface area contributed by atoms with Crippen molar-refractivity contribution in [3.05, 3.63) is 106 Å². The van der Waals surface area contributed by atoms with Gasteiger partial charge in [-0.2, -0.15) is 0 Å². The molecule has 5 rings (SSSR count). The molecule has 3 aromatic carbocycles. The van der Waals surface area contributed by atoms with Crippen LogP contribution in [0.15, 0.2) is 88.8 Å². The summed E-state index contributed by atoms with van der Waals surface area (Å²) < 4.78 is 1.76. The summed E-state index contributed by atoms with van der Waals surface area (Å²) in [7, 11) is 0. The molecule has 166 valence electrons. The van der Waals surface area contributed by atoms with Crippen LogP contribution in [0.5, 0.6) is 0 Å². The van der Waals surface area contributed by atoms with Gasteiger partial charge < -0.3 is 4.90 Å². The zero-order valence-corrected chi connectivity index (χ0v) is 19.1. The van der Waals surface area contributed by atoms with Crippen LogP contribution in [0, 0.1) is 0 Å². The first-order valence-electron chi connectivity index (χ1n) is 11.2. The molecule has 4 aromatic rings. The molecule has 5 nitrogen and oxygen atoms in total. The molecule has 0 N–H and O–H groups in total. The molecule has 0 radical (unpaired) electrons. The van der Waals surface area contributed by atoms with E-state index < -0.39 is 0 Å². The Morgan fingerprint density at radius 1 is 0.848 bits per heavy atom. The number of rotatable bonds is 6. The van der Waals surface area contributed by atoms with E-state index in [0.717, 1.165) is 42.6 Å². The molecule has 6 heteroatoms. The molecule has 1 aliphatic rings. The van der Waals surface area contributed by atoms with Crippen molar-refractivity contribution in [2.45, 2.75) is 30.3 Å². The van der Waals surface area contributed by atoms with Gasteiger partial charge in [0.15, 0.2) is 5.16 Å².